The molecule has 10 nitrogen and oxygen atoms in total. The number of ether oxygens (including phenoxy) is 2. The zero-order chi connectivity index (χ0) is 28.4. The summed E-state index contributed by atoms with van der Waals surface area (Å²) in [4.78, 5) is 32.7. The van der Waals surface area contributed by atoms with Gasteiger partial charge in [-0.3, -0.25) is 9.69 Å². The highest BCUT2D eigenvalue weighted by Crippen LogP contribution is 2.33. The number of aromatic nitrogens is 1. The molecule has 214 valence electrons. The lowest BCUT2D eigenvalue weighted by Crippen LogP contribution is -2.50. The summed E-state index contributed by atoms with van der Waals surface area (Å²) in [7, 11) is -3.86. The van der Waals surface area contributed by atoms with Crippen molar-refractivity contribution in [2.24, 2.45) is 0 Å². The van der Waals surface area contributed by atoms with E-state index in [0.717, 1.165) is 30.2 Å². The van der Waals surface area contributed by atoms with Crippen LogP contribution in [0.25, 0.3) is 10.2 Å². The van der Waals surface area contributed by atoms with Crippen LogP contribution in [0.4, 0.5) is 18.7 Å². The molecule has 0 bridgehead atoms. The lowest BCUT2D eigenvalue weighted by atomic mass is 10.2. The fourth-order valence-corrected chi connectivity index (χ4v) is 7.14. The van der Waals surface area contributed by atoms with Crippen molar-refractivity contribution in [3.8, 4) is 0 Å². The summed E-state index contributed by atoms with van der Waals surface area (Å²) in [6.45, 7) is 3.31. The molecule has 0 spiro atoms. The van der Waals surface area contributed by atoms with Crippen LogP contribution in [-0.2, 0) is 19.5 Å². The quantitative estimate of drug-likeness (QED) is 0.409. The van der Waals surface area contributed by atoms with Crippen molar-refractivity contribution in [1.29, 1.82) is 0 Å². The van der Waals surface area contributed by atoms with E-state index in [-0.39, 0.29) is 71.2 Å². The van der Waals surface area contributed by atoms with E-state index in [0.29, 0.717) is 6.61 Å². The molecule has 2 amide bonds. The van der Waals surface area contributed by atoms with Crippen molar-refractivity contribution in [2.45, 2.75) is 30.8 Å². The van der Waals surface area contributed by atoms with Gasteiger partial charge in [-0.2, -0.15) is 4.31 Å². The molecule has 0 radical (unpaired) electrons. The molecule has 2 aliphatic rings. The third-order valence-electron chi connectivity index (χ3n) is 6.79. The molecule has 1 aromatic heterocycles. The van der Waals surface area contributed by atoms with Gasteiger partial charge in [0, 0.05) is 44.4 Å². The van der Waals surface area contributed by atoms with Crippen LogP contribution < -0.4 is 4.90 Å². The van der Waals surface area contributed by atoms with Crippen molar-refractivity contribution >= 4 is 48.7 Å². The number of fused-ring (bicyclic) bond motifs is 1. The molecule has 3 aromatic rings. The summed E-state index contributed by atoms with van der Waals surface area (Å²) in [6.07, 6.45) is 0.854. The third kappa shape index (κ3) is 5.80. The summed E-state index contributed by atoms with van der Waals surface area (Å²) in [5, 5.41) is 0.191. The Balaban J connectivity index is 1.36. The molecule has 14 heteroatoms. The van der Waals surface area contributed by atoms with Gasteiger partial charge in [-0.25, -0.2) is 27.0 Å². The lowest BCUT2D eigenvalue weighted by Gasteiger charge is -2.33. The second-order valence-corrected chi connectivity index (χ2v) is 12.3. The predicted molar refractivity (Wildman–Crippen MR) is 144 cm³/mol. The maximum atomic E-state index is 14.3. The molecule has 5 rings (SSSR count). The summed E-state index contributed by atoms with van der Waals surface area (Å²) in [5.41, 5.74) is 0.172. The Bertz CT molecular complexity index is 1500. The molecule has 0 aliphatic carbocycles. The number of nitrogens with zero attached hydrogens (tertiary/aromatic N) is 4. The molecule has 1 unspecified atom stereocenters. The number of amides is 2. The van der Waals surface area contributed by atoms with Crippen LogP contribution in [0, 0.1) is 11.6 Å². The monoisotopic (exact) mass is 594 g/mol. The number of sulfonamides is 1. The average Bonchev–Trinajstić information content (AvgIpc) is 3.62. The predicted octanol–water partition coefficient (Wildman–Crippen LogP) is 3.86. The number of anilines is 1. The van der Waals surface area contributed by atoms with Crippen LogP contribution in [0.1, 0.15) is 30.1 Å². The lowest BCUT2D eigenvalue weighted by molar-refractivity contribution is 0.0916. The molecule has 0 saturated carbocycles. The topological polar surface area (TPSA) is 109 Å². The van der Waals surface area contributed by atoms with E-state index < -0.39 is 33.7 Å². The SMILES string of the molecule is CCOC(=O)N1CCN(S(=O)(=O)c2ccc(C(=O)N(CC3CCCO3)c3nc4c(F)cc(F)cc4s3)cc2)CC1. The van der Waals surface area contributed by atoms with Crippen LogP contribution in [-0.4, -0.2) is 86.6 Å². The Morgan fingerprint density at radius 3 is 2.52 bits per heavy atom. The number of benzene rings is 2. The van der Waals surface area contributed by atoms with Crippen LogP contribution >= 0.6 is 11.3 Å². The number of piperazine rings is 1. The van der Waals surface area contributed by atoms with Crippen LogP contribution in [0.15, 0.2) is 41.3 Å². The van der Waals surface area contributed by atoms with Gasteiger partial charge in [0.15, 0.2) is 10.9 Å². The molecular weight excluding hydrogens is 566 g/mol. The Morgan fingerprint density at radius 2 is 1.88 bits per heavy atom. The highest BCUT2D eigenvalue weighted by Gasteiger charge is 2.32. The van der Waals surface area contributed by atoms with Gasteiger partial charge >= 0.3 is 6.09 Å². The first kappa shape index (κ1) is 28.3. The average molecular weight is 595 g/mol. The first-order valence-corrected chi connectivity index (χ1v) is 15.1. The Morgan fingerprint density at radius 1 is 1.15 bits per heavy atom. The summed E-state index contributed by atoms with van der Waals surface area (Å²) >= 11 is 0.990. The van der Waals surface area contributed by atoms with E-state index >= 15 is 0 Å². The van der Waals surface area contributed by atoms with Gasteiger partial charge in [-0.05, 0) is 50.1 Å². The molecule has 2 saturated heterocycles. The van der Waals surface area contributed by atoms with E-state index in [9.17, 15) is 26.8 Å². The minimum Gasteiger partial charge on any atom is -0.450 e. The van der Waals surface area contributed by atoms with Crippen molar-refractivity contribution < 1.29 is 36.3 Å². The van der Waals surface area contributed by atoms with E-state index in [2.05, 4.69) is 4.98 Å². The van der Waals surface area contributed by atoms with Crippen molar-refractivity contribution in [3.63, 3.8) is 0 Å². The fraction of sp³-hybridized carbons (Fsp3) is 0.423. The van der Waals surface area contributed by atoms with Crippen LogP contribution in [0.2, 0.25) is 0 Å². The number of thiazole rings is 1. The minimum atomic E-state index is -3.86. The van der Waals surface area contributed by atoms with Gasteiger partial charge < -0.3 is 14.4 Å². The Labute approximate surface area is 234 Å². The number of hydrogen-bond acceptors (Lipinski definition) is 8. The van der Waals surface area contributed by atoms with Gasteiger partial charge in [0.1, 0.15) is 11.3 Å². The molecule has 2 aromatic carbocycles. The van der Waals surface area contributed by atoms with E-state index in [4.69, 9.17) is 9.47 Å². The molecule has 2 fully saturated rings. The summed E-state index contributed by atoms with van der Waals surface area (Å²) < 4.78 is 66.8. The van der Waals surface area contributed by atoms with E-state index in [1.54, 1.807) is 6.92 Å². The highest BCUT2D eigenvalue weighted by atomic mass is 32.2. The van der Waals surface area contributed by atoms with Crippen LogP contribution in [0.3, 0.4) is 0 Å². The molecule has 1 atom stereocenters. The van der Waals surface area contributed by atoms with Gasteiger partial charge in [0.2, 0.25) is 10.0 Å². The van der Waals surface area contributed by atoms with Gasteiger partial charge in [0.25, 0.3) is 5.91 Å². The largest absolute Gasteiger partial charge is 0.450 e. The summed E-state index contributed by atoms with van der Waals surface area (Å²) in [5.74, 6) is -2.03. The Kier molecular flexibility index (Phi) is 8.31. The third-order valence-corrected chi connectivity index (χ3v) is 9.73. The molecule has 0 N–H and O–H groups in total. The van der Waals surface area contributed by atoms with Gasteiger partial charge in [-0.1, -0.05) is 11.3 Å². The first-order valence-electron chi connectivity index (χ1n) is 12.9. The molecule has 3 heterocycles. The van der Waals surface area contributed by atoms with Crippen LogP contribution in [0.5, 0.6) is 0 Å². The second-order valence-electron chi connectivity index (χ2n) is 9.40. The first-order chi connectivity index (χ1) is 19.2. The maximum Gasteiger partial charge on any atom is 0.409 e. The normalized spacial score (nSPS) is 18.3. The zero-order valence-electron chi connectivity index (χ0n) is 21.7. The molecule has 2 aliphatic heterocycles. The highest BCUT2D eigenvalue weighted by molar-refractivity contribution is 7.89. The second kappa shape index (κ2) is 11.7. The Hall–Kier alpha value is -3.20. The minimum absolute atomic E-state index is 0.0110. The number of carbonyl (C=O) groups excluding carboxylic acids is 2. The van der Waals surface area contributed by atoms with E-state index in [1.807, 2.05) is 0 Å². The number of halogens is 2. The molecule has 40 heavy (non-hydrogen) atoms. The standard InChI is InChI=1S/C26H28F2N4O6S2/c1-2-37-26(34)30-9-11-31(12-10-30)40(35,36)20-7-5-17(6-8-20)24(33)32(16-19-4-3-13-38-19)25-29-23-21(28)14-18(27)15-22(23)39-25/h5-8,14-15,19H,2-4,9-13,16H2,1H3. The number of carbonyl (C=O) groups is 2. The maximum absolute atomic E-state index is 14.3. The zero-order valence-corrected chi connectivity index (χ0v) is 23.3. The van der Waals surface area contributed by atoms with Crippen molar-refractivity contribution in [2.75, 3.05) is 50.8 Å². The van der Waals surface area contributed by atoms with Gasteiger partial charge in [-0.15, -0.1) is 0 Å². The molecular formula is C26H28F2N4O6S2. The van der Waals surface area contributed by atoms with E-state index in [1.165, 1.54) is 44.4 Å². The summed E-state index contributed by atoms with van der Waals surface area (Å²) in [6, 6.07) is 7.46. The fourth-order valence-electron chi connectivity index (χ4n) is 4.70. The number of hydrogen-bond donors (Lipinski definition) is 0. The smallest absolute Gasteiger partial charge is 0.409 e. The van der Waals surface area contributed by atoms with Crippen molar-refractivity contribution in [3.05, 3.63) is 53.6 Å². The number of rotatable bonds is 7. The van der Waals surface area contributed by atoms with Gasteiger partial charge in [0.05, 0.1) is 28.9 Å². The van der Waals surface area contributed by atoms with Crippen molar-refractivity contribution in [1.82, 2.24) is 14.2 Å².